The van der Waals surface area contributed by atoms with Crippen LogP contribution in [-0.2, 0) is 4.74 Å². The molecule has 3 heteroatoms. The summed E-state index contributed by atoms with van der Waals surface area (Å²) in [6.07, 6.45) is 6.96. The molecule has 0 aromatic carbocycles. The smallest absolute Gasteiger partial charge is 0.0510 e. The first-order chi connectivity index (χ1) is 8.31. The van der Waals surface area contributed by atoms with Crippen molar-refractivity contribution < 1.29 is 4.74 Å². The molecule has 1 saturated heterocycles. The van der Waals surface area contributed by atoms with E-state index in [1.54, 1.807) is 0 Å². The maximum absolute atomic E-state index is 6.35. The van der Waals surface area contributed by atoms with Gasteiger partial charge in [-0.05, 0) is 43.9 Å². The standard InChI is InChI=1S/C14H26N2O/c15-14(13-5-6-17-10-13)9-16(7-11-1-2-11)8-12-3-4-12/h11-14H,1-10,15H2. The molecule has 3 rings (SSSR count). The molecule has 2 aliphatic carbocycles. The Bertz CT molecular complexity index is 231. The van der Waals surface area contributed by atoms with Crippen molar-refractivity contribution in [3.63, 3.8) is 0 Å². The van der Waals surface area contributed by atoms with Gasteiger partial charge in [-0.3, -0.25) is 0 Å². The fourth-order valence-corrected chi connectivity index (χ4v) is 2.89. The second-order valence-corrected chi connectivity index (χ2v) is 6.39. The molecule has 1 aliphatic heterocycles. The molecule has 3 aliphatic rings. The number of nitrogens with two attached hydrogens (primary N) is 1. The Morgan fingerprint density at radius 1 is 1.06 bits per heavy atom. The van der Waals surface area contributed by atoms with E-state index in [1.165, 1.54) is 45.2 Å². The van der Waals surface area contributed by atoms with Crippen LogP contribution in [0.1, 0.15) is 32.1 Å². The Morgan fingerprint density at radius 2 is 1.71 bits per heavy atom. The summed E-state index contributed by atoms with van der Waals surface area (Å²) in [5, 5.41) is 0. The molecule has 2 N–H and O–H groups in total. The maximum atomic E-state index is 6.35. The van der Waals surface area contributed by atoms with Crippen LogP contribution >= 0.6 is 0 Å². The van der Waals surface area contributed by atoms with Gasteiger partial charge >= 0.3 is 0 Å². The van der Waals surface area contributed by atoms with Gasteiger partial charge in [0.2, 0.25) is 0 Å². The van der Waals surface area contributed by atoms with E-state index in [1.807, 2.05) is 0 Å². The molecule has 0 amide bonds. The number of hydrogen-bond donors (Lipinski definition) is 1. The van der Waals surface area contributed by atoms with Gasteiger partial charge in [0.1, 0.15) is 0 Å². The molecule has 17 heavy (non-hydrogen) atoms. The minimum absolute atomic E-state index is 0.329. The van der Waals surface area contributed by atoms with Crippen LogP contribution in [0.15, 0.2) is 0 Å². The van der Waals surface area contributed by atoms with Crippen LogP contribution in [0.3, 0.4) is 0 Å². The topological polar surface area (TPSA) is 38.5 Å². The van der Waals surface area contributed by atoms with Gasteiger partial charge in [0.25, 0.3) is 0 Å². The molecule has 2 saturated carbocycles. The zero-order valence-corrected chi connectivity index (χ0v) is 10.8. The van der Waals surface area contributed by atoms with Crippen molar-refractivity contribution >= 4 is 0 Å². The summed E-state index contributed by atoms with van der Waals surface area (Å²) in [5.41, 5.74) is 6.35. The minimum atomic E-state index is 0.329. The molecule has 0 radical (unpaired) electrons. The molecule has 3 nitrogen and oxygen atoms in total. The molecule has 0 aromatic heterocycles. The largest absolute Gasteiger partial charge is 0.381 e. The Morgan fingerprint density at radius 3 is 2.18 bits per heavy atom. The molecule has 1 heterocycles. The third kappa shape index (κ3) is 3.67. The highest BCUT2D eigenvalue weighted by atomic mass is 16.5. The lowest BCUT2D eigenvalue weighted by atomic mass is 9.99. The van der Waals surface area contributed by atoms with Crippen molar-refractivity contribution in [1.82, 2.24) is 4.90 Å². The molecule has 0 aromatic rings. The van der Waals surface area contributed by atoms with Crippen LogP contribution in [0.4, 0.5) is 0 Å². The first-order valence-electron chi connectivity index (χ1n) is 7.37. The summed E-state index contributed by atoms with van der Waals surface area (Å²) >= 11 is 0. The van der Waals surface area contributed by atoms with E-state index in [0.29, 0.717) is 12.0 Å². The summed E-state index contributed by atoms with van der Waals surface area (Å²) in [4.78, 5) is 2.65. The van der Waals surface area contributed by atoms with E-state index in [0.717, 1.165) is 31.6 Å². The summed E-state index contributed by atoms with van der Waals surface area (Å²) in [5.74, 6) is 2.58. The maximum Gasteiger partial charge on any atom is 0.0510 e. The number of hydrogen-bond acceptors (Lipinski definition) is 3. The summed E-state index contributed by atoms with van der Waals surface area (Å²) in [6.45, 7) is 5.52. The highest BCUT2D eigenvalue weighted by molar-refractivity contribution is 4.86. The molecule has 2 atom stereocenters. The highest BCUT2D eigenvalue weighted by Crippen LogP contribution is 2.34. The van der Waals surface area contributed by atoms with Gasteiger partial charge in [-0.25, -0.2) is 0 Å². The minimum Gasteiger partial charge on any atom is -0.381 e. The monoisotopic (exact) mass is 238 g/mol. The van der Waals surface area contributed by atoms with Gasteiger partial charge in [-0.1, -0.05) is 0 Å². The van der Waals surface area contributed by atoms with Crippen molar-refractivity contribution in [3.8, 4) is 0 Å². The second kappa shape index (κ2) is 5.25. The lowest BCUT2D eigenvalue weighted by molar-refractivity contribution is 0.167. The van der Waals surface area contributed by atoms with Gasteiger partial charge in [0.15, 0.2) is 0 Å². The predicted molar refractivity (Wildman–Crippen MR) is 68.8 cm³/mol. The molecular weight excluding hydrogens is 212 g/mol. The molecule has 2 unspecified atom stereocenters. The van der Waals surface area contributed by atoms with Crippen LogP contribution < -0.4 is 5.73 Å². The van der Waals surface area contributed by atoms with Crippen LogP contribution in [0.2, 0.25) is 0 Å². The lowest BCUT2D eigenvalue weighted by Gasteiger charge is -2.28. The Labute approximate surface area is 105 Å². The van der Waals surface area contributed by atoms with E-state index < -0.39 is 0 Å². The molecule has 0 bridgehead atoms. The van der Waals surface area contributed by atoms with Crippen LogP contribution in [-0.4, -0.2) is 43.8 Å². The zero-order chi connectivity index (χ0) is 11.7. The Kier molecular flexibility index (Phi) is 3.69. The highest BCUT2D eigenvalue weighted by Gasteiger charge is 2.31. The third-order valence-electron chi connectivity index (χ3n) is 4.47. The Hall–Kier alpha value is -0.120. The SMILES string of the molecule is NC(CN(CC1CC1)CC1CC1)C1CCOC1. The van der Waals surface area contributed by atoms with Crippen molar-refractivity contribution in [1.29, 1.82) is 0 Å². The van der Waals surface area contributed by atoms with Crippen molar-refractivity contribution in [2.45, 2.75) is 38.1 Å². The van der Waals surface area contributed by atoms with Crippen LogP contribution in [0.5, 0.6) is 0 Å². The number of ether oxygens (including phenoxy) is 1. The summed E-state index contributed by atoms with van der Waals surface area (Å²) in [7, 11) is 0. The number of rotatable bonds is 7. The van der Waals surface area contributed by atoms with Crippen molar-refractivity contribution in [2.24, 2.45) is 23.5 Å². The average Bonchev–Trinajstić information content (AvgIpc) is 3.22. The molecule has 3 fully saturated rings. The van der Waals surface area contributed by atoms with Crippen LogP contribution in [0.25, 0.3) is 0 Å². The van der Waals surface area contributed by atoms with E-state index >= 15 is 0 Å². The number of nitrogens with zero attached hydrogens (tertiary/aromatic N) is 1. The van der Waals surface area contributed by atoms with Gasteiger partial charge in [0, 0.05) is 38.2 Å². The quantitative estimate of drug-likeness (QED) is 0.730. The van der Waals surface area contributed by atoms with Gasteiger partial charge in [-0.15, -0.1) is 0 Å². The fourth-order valence-electron chi connectivity index (χ4n) is 2.89. The van der Waals surface area contributed by atoms with E-state index in [4.69, 9.17) is 10.5 Å². The first kappa shape index (κ1) is 11.9. The van der Waals surface area contributed by atoms with Gasteiger partial charge in [-0.2, -0.15) is 0 Å². The van der Waals surface area contributed by atoms with Crippen LogP contribution in [0, 0.1) is 17.8 Å². The molecule has 0 spiro atoms. The van der Waals surface area contributed by atoms with E-state index in [2.05, 4.69) is 4.90 Å². The van der Waals surface area contributed by atoms with Crippen molar-refractivity contribution in [2.75, 3.05) is 32.8 Å². The van der Waals surface area contributed by atoms with Gasteiger partial charge < -0.3 is 15.4 Å². The van der Waals surface area contributed by atoms with E-state index in [-0.39, 0.29) is 0 Å². The lowest BCUT2D eigenvalue weighted by Crippen LogP contribution is -2.44. The molecule has 98 valence electrons. The van der Waals surface area contributed by atoms with Gasteiger partial charge in [0.05, 0.1) is 6.61 Å². The second-order valence-electron chi connectivity index (χ2n) is 6.39. The van der Waals surface area contributed by atoms with E-state index in [9.17, 15) is 0 Å². The Balaban J connectivity index is 1.46. The average molecular weight is 238 g/mol. The summed E-state index contributed by atoms with van der Waals surface area (Å²) in [6, 6.07) is 0.329. The molecular formula is C14H26N2O. The predicted octanol–water partition coefficient (Wildman–Crippen LogP) is 1.47. The third-order valence-corrected chi connectivity index (χ3v) is 4.47. The fraction of sp³-hybridized carbons (Fsp3) is 1.00. The first-order valence-corrected chi connectivity index (χ1v) is 7.37. The normalized spacial score (nSPS) is 31.1. The zero-order valence-electron chi connectivity index (χ0n) is 10.8. The van der Waals surface area contributed by atoms with Crippen molar-refractivity contribution in [3.05, 3.63) is 0 Å². The summed E-state index contributed by atoms with van der Waals surface area (Å²) < 4.78 is 5.45.